The molecule has 0 unspecified atom stereocenters. The van der Waals surface area contributed by atoms with Crippen LogP contribution in [0, 0.1) is 0 Å². The largest absolute Gasteiger partial charge is 0.497 e. The van der Waals surface area contributed by atoms with Crippen molar-refractivity contribution in [3.63, 3.8) is 0 Å². The minimum absolute atomic E-state index is 0.185. The molecule has 1 aromatic heterocycles. The summed E-state index contributed by atoms with van der Waals surface area (Å²) in [5.74, 6) is 1.18. The molecule has 5 nitrogen and oxygen atoms in total. The second-order valence-corrected chi connectivity index (χ2v) is 6.10. The van der Waals surface area contributed by atoms with Crippen LogP contribution >= 0.6 is 15.9 Å². The fourth-order valence-corrected chi connectivity index (χ4v) is 2.52. The molecule has 3 aromatic rings. The number of ether oxygens (including phenoxy) is 1. The summed E-state index contributed by atoms with van der Waals surface area (Å²) in [6.45, 7) is 0.582. The van der Waals surface area contributed by atoms with Crippen molar-refractivity contribution in [1.82, 2.24) is 9.78 Å². The number of anilines is 1. The smallest absolute Gasteiger partial charge is 0.256 e. The number of rotatable bonds is 5. The van der Waals surface area contributed by atoms with Gasteiger partial charge in [-0.05, 0) is 42.0 Å². The molecule has 0 spiro atoms. The number of halogens is 1. The lowest BCUT2D eigenvalue weighted by atomic mass is 10.2. The van der Waals surface area contributed by atoms with Crippen molar-refractivity contribution < 1.29 is 9.53 Å². The quantitative estimate of drug-likeness (QED) is 0.723. The van der Waals surface area contributed by atoms with Gasteiger partial charge >= 0.3 is 0 Å². The van der Waals surface area contributed by atoms with Crippen LogP contribution in [0.5, 0.6) is 5.75 Å². The fraction of sp³-hybridized carbons (Fsp3) is 0.111. The number of carbonyl (C=O) groups excluding carboxylic acids is 1. The Bertz CT molecular complexity index is 826. The molecule has 0 aliphatic carbocycles. The molecule has 6 heteroatoms. The number of methoxy groups -OCH3 is 1. The normalized spacial score (nSPS) is 10.4. The maximum absolute atomic E-state index is 12.4. The molecule has 0 atom stereocenters. The van der Waals surface area contributed by atoms with E-state index in [1.54, 1.807) is 48.3 Å². The number of amides is 1. The second-order valence-electron chi connectivity index (χ2n) is 5.18. The van der Waals surface area contributed by atoms with Gasteiger partial charge in [-0.15, -0.1) is 0 Å². The van der Waals surface area contributed by atoms with E-state index in [-0.39, 0.29) is 5.91 Å². The fourth-order valence-electron chi connectivity index (χ4n) is 2.26. The summed E-state index contributed by atoms with van der Waals surface area (Å²) in [5, 5.41) is 7.17. The van der Waals surface area contributed by atoms with E-state index in [9.17, 15) is 4.79 Å². The Morgan fingerprint density at radius 3 is 2.50 bits per heavy atom. The molecule has 0 saturated heterocycles. The van der Waals surface area contributed by atoms with E-state index in [2.05, 4.69) is 26.3 Å². The lowest BCUT2D eigenvalue weighted by molar-refractivity contribution is 0.102. The van der Waals surface area contributed by atoms with Gasteiger partial charge in [-0.2, -0.15) is 5.10 Å². The van der Waals surface area contributed by atoms with E-state index in [1.165, 1.54) is 0 Å². The number of hydrogen-bond donors (Lipinski definition) is 1. The maximum Gasteiger partial charge on any atom is 0.256 e. The Hall–Kier alpha value is -2.60. The molecular weight excluding hydrogens is 370 g/mol. The van der Waals surface area contributed by atoms with Gasteiger partial charge in [0, 0.05) is 16.1 Å². The minimum Gasteiger partial charge on any atom is -0.497 e. The van der Waals surface area contributed by atoms with Crippen LogP contribution < -0.4 is 10.1 Å². The summed E-state index contributed by atoms with van der Waals surface area (Å²) in [5.41, 5.74) is 1.66. The summed E-state index contributed by atoms with van der Waals surface area (Å²) in [7, 11) is 1.59. The predicted octanol–water partition coefficient (Wildman–Crippen LogP) is 3.95. The topological polar surface area (TPSA) is 56.1 Å². The Balaban J connectivity index is 1.72. The Morgan fingerprint density at radius 1 is 1.12 bits per heavy atom. The molecule has 0 fully saturated rings. The number of carbonyl (C=O) groups is 1. The Kier molecular flexibility index (Phi) is 4.96. The highest BCUT2D eigenvalue weighted by atomic mass is 79.9. The van der Waals surface area contributed by atoms with Gasteiger partial charge in [-0.25, -0.2) is 4.68 Å². The van der Waals surface area contributed by atoms with E-state index >= 15 is 0 Å². The third-order valence-corrected chi connectivity index (χ3v) is 4.08. The average molecular weight is 386 g/mol. The second kappa shape index (κ2) is 7.31. The molecule has 24 heavy (non-hydrogen) atoms. The highest BCUT2D eigenvalue weighted by Gasteiger charge is 2.10. The van der Waals surface area contributed by atoms with Gasteiger partial charge in [0.25, 0.3) is 5.91 Å². The van der Waals surface area contributed by atoms with E-state index < -0.39 is 0 Å². The summed E-state index contributed by atoms with van der Waals surface area (Å²) >= 11 is 3.42. The number of nitrogens with one attached hydrogen (secondary N) is 1. The maximum atomic E-state index is 12.4. The Morgan fingerprint density at radius 2 is 1.83 bits per heavy atom. The Labute approximate surface area is 148 Å². The third-order valence-electron chi connectivity index (χ3n) is 3.56. The molecule has 122 valence electrons. The van der Waals surface area contributed by atoms with Crippen LogP contribution in [0.1, 0.15) is 15.9 Å². The molecule has 2 aromatic carbocycles. The molecule has 1 heterocycles. The van der Waals surface area contributed by atoms with Crippen LogP contribution in [-0.2, 0) is 6.54 Å². The zero-order valence-corrected chi connectivity index (χ0v) is 14.7. The van der Waals surface area contributed by atoms with Crippen molar-refractivity contribution in [3.8, 4) is 5.75 Å². The molecule has 1 amide bonds. The zero-order valence-electron chi connectivity index (χ0n) is 13.1. The first-order valence-electron chi connectivity index (χ1n) is 7.37. The number of nitrogens with zero attached hydrogens (tertiary/aromatic N) is 2. The van der Waals surface area contributed by atoms with Crippen molar-refractivity contribution in [3.05, 3.63) is 76.4 Å². The van der Waals surface area contributed by atoms with E-state index in [0.29, 0.717) is 23.7 Å². The van der Waals surface area contributed by atoms with Gasteiger partial charge in [-0.1, -0.05) is 28.1 Å². The number of aromatic nitrogens is 2. The van der Waals surface area contributed by atoms with Crippen molar-refractivity contribution >= 4 is 27.7 Å². The molecular formula is C18H16BrN3O2. The van der Waals surface area contributed by atoms with Crippen LogP contribution in [0.25, 0.3) is 0 Å². The van der Waals surface area contributed by atoms with Crippen LogP contribution in [-0.4, -0.2) is 22.8 Å². The molecule has 0 bridgehead atoms. The van der Waals surface area contributed by atoms with E-state index in [0.717, 1.165) is 10.0 Å². The van der Waals surface area contributed by atoms with Crippen molar-refractivity contribution in [1.29, 1.82) is 0 Å². The SMILES string of the molecule is COc1ccc(C(=O)Nc2ccnn2Cc2ccc(Br)cc2)cc1. The van der Waals surface area contributed by atoms with Crippen LogP contribution in [0.3, 0.4) is 0 Å². The van der Waals surface area contributed by atoms with E-state index in [4.69, 9.17) is 4.74 Å². The van der Waals surface area contributed by atoms with Crippen LogP contribution in [0.2, 0.25) is 0 Å². The number of hydrogen-bond acceptors (Lipinski definition) is 3. The monoisotopic (exact) mass is 385 g/mol. The van der Waals surface area contributed by atoms with Crippen molar-refractivity contribution in [2.75, 3.05) is 12.4 Å². The lowest BCUT2D eigenvalue weighted by Gasteiger charge is -2.10. The van der Waals surface area contributed by atoms with Gasteiger partial charge in [0.15, 0.2) is 0 Å². The molecule has 3 rings (SSSR count). The first-order valence-corrected chi connectivity index (χ1v) is 8.16. The average Bonchev–Trinajstić information content (AvgIpc) is 3.03. The molecule has 0 radical (unpaired) electrons. The highest BCUT2D eigenvalue weighted by molar-refractivity contribution is 9.10. The standard InChI is InChI=1S/C18H16BrN3O2/c1-24-16-8-4-14(5-9-16)18(23)21-17-10-11-20-22(17)12-13-2-6-15(19)7-3-13/h2-11H,12H2,1H3,(H,21,23). The predicted molar refractivity (Wildman–Crippen MR) is 96.4 cm³/mol. The van der Waals surface area contributed by atoms with Gasteiger partial charge in [0.05, 0.1) is 19.9 Å². The molecule has 0 aliphatic heterocycles. The van der Waals surface area contributed by atoms with Gasteiger partial charge in [0.1, 0.15) is 11.6 Å². The lowest BCUT2D eigenvalue weighted by Crippen LogP contribution is -2.16. The van der Waals surface area contributed by atoms with Gasteiger partial charge in [0.2, 0.25) is 0 Å². The van der Waals surface area contributed by atoms with Crippen molar-refractivity contribution in [2.24, 2.45) is 0 Å². The van der Waals surface area contributed by atoms with E-state index in [1.807, 2.05) is 24.3 Å². The summed E-state index contributed by atoms with van der Waals surface area (Å²) in [4.78, 5) is 12.4. The zero-order chi connectivity index (χ0) is 16.9. The van der Waals surface area contributed by atoms with Crippen LogP contribution in [0.4, 0.5) is 5.82 Å². The number of benzene rings is 2. The first-order chi connectivity index (χ1) is 11.7. The molecule has 1 N–H and O–H groups in total. The molecule has 0 saturated carbocycles. The molecule has 0 aliphatic rings. The third kappa shape index (κ3) is 3.83. The van der Waals surface area contributed by atoms with Gasteiger partial charge < -0.3 is 10.1 Å². The summed E-state index contributed by atoms with van der Waals surface area (Å²) in [6, 6.07) is 16.7. The minimum atomic E-state index is -0.185. The highest BCUT2D eigenvalue weighted by Crippen LogP contribution is 2.16. The van der Waals surface area contributed by atoms with Crippen molar-refractivity contribution in [2.45, 2.75) is 6.54 Å². The van der Waals surface area contributed by atoms with Crippen LogP contribution in [0.15, 0.2) is 65.3 Å². The summed E-state index contributed by atoms with van der Waals surface area (Å²) in [6.07, 6.45) is 1.67. The van der Waals surface area contributed by atoms with Gasteiger partial charge in [-0.3, -0.25) is 4.79 Å². The summed E-state index contributed by atoms with van der Waals surface area (Å²) < 4.78 is 7.88. The first kappa shape index (κ1) is 16.3.